The van der Waals surface area contributed by atoms with Crippen LogP contribution in [0.5, 0.6) is 0 Å². The fourth-order valence-electron chi connectivity index (χ4n) is 4.65. The molecule has 1 aliphatic carbocycles. The lowest BCUT2D eigenvalue weighted by atomic mass is 10.00. The standard InChI is InChI=1S/C25H25F3N4O3/c1-3-34-21-9-20(21)32(11-16-6-5-15(10-30-16)25(26,27)28)24(33)14-4-7-19-17(8-14)18-12-35-13(2)22(18)23(29)31-19/h4-8,10,13,20-21H,3,9,11-12H2,1-2H3,(H2,29,31)/t13-,20-,21-/m0/s1. The molecule has 1 aromatic carbocycles. The Morgan fingerprint density at radius 3 is 2.77 bits per heavy atom. The van der Waals surface area contributed by atoms with Crippen LogP contribution < -0.4 is 5.73 Å². The number of ether oxygens (including phenoxy) is 2. The van der Waals surface area contributed by atoms with Crippen molar-refractivity contribution in [3.8, 4) is 0 Å². The first-order valence-corrected chi connectivity index (χ1v) is 11.5. The maximum atomic E-state index is 13.7. The summed E-state index contributed by atoms with van der Waals surface area (Å²) in [5, 5.41) is 0.800. The van der Waals surface area contributed by atoms with Crippen LogP contribution in [-0.4, -0.2) is 39.5 Å². The number of rotatable bonds is 6. The minimum Gasteiger partial charge on any atom is -0.383 e. The second-order valence-electron chi connectivity index (χ2n) is 8.84. The average Bonchev–Trinajstić information content (AvgIpc) is 3.47. The molecule has 0 unspecified atom stereocenters. The summed E-state index contributed by atoms with van der Waals surface area (Å²) in [7, 11) is 0. The molecule has 35 heavy (non-hydrogen) atoms. The van der Waals surface area contributed by atoms with Gasteiger partial charge in [-0.2, -0.15) is 13.2 Å². The summed E-state index contributed by atoms with van der Waals surface area (Å²) in [5.74, 6) is 0.169. The van der Waals surface area contributed by atoms with Crippen LogP contribution in [0.25, 0.3) is 10.9 Å². The second kappa shape index (κ2) is 8.76. The highest BCUT2D eigenvalue weighted by Crippen LogP contribution is 2.39. The van der Waals surface area contributed by atoms with E-state index in [2.05, 4.69) is 9.97 Å². The number of carbonyl (C=O) groups is 1. The molecule has 0 spiro atoms. The highest BCUT2D eigenvalue weighted by molar-refractivity contribution is 5.99. The number of anilines is 1. The summed E-state index contributed by atoms with van der Waals surface area (Å²) >= 11 is 0. The molecule has 10 heteroatoms. The molecule has 2 aliphatic rings. The number of amides is 1. The number of alkyl halides is 3. The molecule has 0 bridgehead atoms. The van der Waals surface area contributed by atoms with Crippen molar-refractivity contribution in [2.24, 2.45) is 0 Å². The van der Waals surface area contributed by atoms with Gasteiger partial charge in [-0.25, -0.2) is 4.98 Å². The Balaban J connectivity index is 1.47. The topological polar surface area (TPSA) is 90.6 Å². The molecule has 7 nitrogen and oxygen atoms in total. The van der Waals surface area contributed by atoms with Gasteiger partial charge in [0.2, 0.25) is 0 Å². The number of benzene rings is 1. The van der Waals surface area contributed by atoms with Crippen LogP contribution in [0.3, 0.4) is 0 Å². The molecule has 0 saturated heterocycles. The zero-order chi connectivity index (χ0) is 24.9. The van der Waals surface area contributed by atoms with E-state index in [4.69, 9.17) is 15.2 Å². The lowest BCUT2D eigenvalue weighted by Gasteiger charge is -2.23. The smallest absolute Gasteiger partial charge is 0.383 e. The Labute approximate surface area is 200 Å². The van der Waals surface area contributed by atoms with Gasteiger partial charge in [-0.05, 0) is 56.2 Å². The minimum absolute atomic E-state index is 0.0709. The fraction of sp³-hybridized carbons (Fsp3) is 0.400. The monoisotopic (exact) mass is 486 g/mol. The Bertz CT molecular complexity index is 1280. The van der Waals surface area contributed by atoms with Crippen molar-refractivity contribution in [1.82, 2.24) is 14.9 Å². The first kappa shape index (κ1) is 23.5. The summed E-state index contributed by atoms with van der Waals surface area (Å²) < 4.78 is 50.2. The van der Waals surface area contributed by atoms with E-state index in [9.17, 15) is 18.0 Å². The molecule has 184 valence electrons. The second-order valence-corrected chi connectivity index (χ2v) is 8.84. The number of nitrogens with zero attached hydrogens (tertiary/aromatic N) is 3. The zero-order valence-electron chi connectivity index (χ0n) is 19.3. The largest absolute Gasteiger partial charge is 0.417 e. The zero-order valence-corrected chi connectivity index (χ0v) is 19.3. The summed E-state index contributed by atoms with van der Waals surface area (Å²) in [6.07, 6.45) is -3.31. The Morgan fingerprint density at radius 2 is 2.09 bits per heavy atom. The molecule has 2 aromatic heterocycles. The Hall–Kier alpha value is -3.24. The molecule has 1 saturated carbocycles. The third-order valence-corrected chi connectivity index (χ3v) is 6.52. The number of nitrogen functional groups attached to an aromatic ring is 1. The number of hydrogen-bond donors (Lipinski definition) is 1. The van der Waals surface area contributed by atoms with E-state index in [0.29, 0.717) is 42.2 Å². The van der Waals surface area contributed by atoms with Crippen molar-refractivity contribution in [2.45, 2.75) is 57.8 Å². The first-order valence-electron chi connectivity index (χ1n) is 11.5. The van der Waals surface area contributed by atoms with Crippen LogP contribution in [-0.2, 0) is 28.8 Å². The molecule has 1 aliphatic heterocycles. The molecule has 2 N–H and O–H groups in total. The van der Waals surface area contributed by atoms with Crippen molar-refractivity contribution in [3.63, 3.8) is 0 Å². The predicted molar refractivity (Wildman–Crippen MR) is 122 cm³/mol. The van der Waals surface area contributed by atoms with Gasteiger partial charge in [0.15, 0.2) is 0 Å². The molecular formula is C25H25F3N4O3. The van der Waals surface area contributed by atoms with E-state index in [1.54, 1.807) is 23.1 Å². The van der Waals surface area contributed by atoms with Gasteiger partial charge in [-0.1, -0.05) is 0 Å². The third kappa shape index (κ3) is 4.43. The molecule has 1 amide bonds. The van der Waals surface area contributed by atoms with E-state index >= 15 is 0 Å². The quantitative estimate of drug-likeness (QED) is 0.546. The number of hydrogen-bond acceptors (Lipinski definition) is 6. The summed E-state index contributed by atoms with van der Waals surface area (Å²) in [4.78, 5) is 23.7. The first-order chi connectivity index (χ1) is 16.7. The molecule has 3 atom stereocenters. The van der Waals surface area contributed by atoms with Crippen LogP contribution in [0.4, 0.5) is 19.0 Å². The van der Waals surface area contributed by atoms with Gasteiger partial charge in [0.05, 0.1) is 48.2 Å². The van der Waals surface area contributed by atoms with Crippen LogP contribution in [0.15, 0.2) is 36.5 Å². The Morgan fingerprint density at radius 1 is 1.29 bits per heavy atom. The maximum absolute atomic E-state index is 13.7. The number of pyridine rings is 2. The van der Waals surface area contributed by atoms with Gasteiger partial charge in [0, 0.05) is 29.3 Å². The number of carbonyl (C=O) groups excluding carboxylic acids is 1. The number of fused-ring (bicyclic) bond motifs is 3. The predicted octanol–water partition coefficient (Wildman–Crippen LogP) is 4.64. The normalized spacial score (nSPS) is 21.2. The lowest BCUT2D eigenvalue weighted by Crippen LogP contribution is -2.35. The summed E-state index contributed by atoms with van der Waals surface area (Å²) in [6, 6.07) is 7.34. The van der Waals surface area contributed by atoms with Crippen molar-refractivity contribution in [1.29, 1.82) is 0 Å². The van der Waals surface area contributed by atoms with Crippen molar-refractivity contribution in [3.05, 3.63) is 64.5 Å². The number of halogens is 3. The number of aromatic nitrogens is 2. The SMILES string of the molecule is CCO[C@H]1C[C@@H]1N(Cc1ccc(C(F)(F)F)cn1)C(=O)c1ccc2nc(N)c3c(c2c1)CO[C@H]3C. The van der Waals surface area contributed by atoms with E-state index in [1.165, 1.54) is 6.07 Å². The van der Waals surface area contributed by atoms with Crippen LogP contribution in [0, 0.1) is 0 Å². The van der Waals surface area contributed by atoms with Crippen LogP contribution >= 0.6 is 0 Å². The van der Waals surface area contributed by atoms with E-state index in [1.807, 2.05) is 13.8 Å². The summed E-state index contributed by atoms with van der Waals surface area (Å²) in [6.45, 7) is 4.75. The van der Waals surface area contributed by atoms with E-state index in [-0.39, 0.29) is 30.7 Å². The number of nitrogens with two attached hydrogens (primary N) is 1. The van der Waals surface area contributed by atoms with E-state index in [0.717, 1.165) is 28.8 Å². The molecule has 1 fully saturated rings. The van der Waals surface area contributed by atoms with Gasteiger partial charge < -0.3 is 20.1 Å². The molecule has 3 heterocycles. The fourth-order valence-corrected chi connectivity index (χ4v) is 4.65. The highest BCUT2D eigenvalue weighted by Gasteiger charge is 2.45. The lowest BCUT2D eigenvalue weighted by molar-refractivity contribution is -0.137. The van der Waals surface area contributed by atoms with Crippen molar-refractivity contribution < 1.29 is 27.4 Å². The van der Waals surface area contributed by atoms with Gasteiger partial charge in [0.25, 0.3) is 5.91 Å². The molecule has 5 rings (SSSR count). The maximum Gasteiger partial charge on any atom is 0.417 e. The molecule has 3 aromatic rings. The van der Waals surface area contributed by atoms with Gasteiger partial charge >= 0.3 is 6.18 Å². The van der Waals surface area contributed by atoms with E-state index < -0.39 is 11.7 Å². The van der Waals surface area contributed by atoms with Gasteiger partial charge in [0.1, 0.15) is 5.82 Å². The average molecular weight is 486 g/mol. The minimum atomic E-state index is -4.47. The highest BCUT2D eigenvalue weighted by atomic mass is 19.4. The van der Waals surface area contributed by atoms with Crippen molar-refractivity contribution in [2.75, 3.05) is 12.3 Å². The van der Waals surface area contributed by atoms with Crippen LogP contribution in [0.1, 0.15) is 59.1 Å². The van der Waals surface area contributed by atoms with Crippen molar-refractivity contribution >= 4 is 22.6 Å². The molecular weight excluding hydrogens is 461 g/mol. The van der Waals surface area contributed by atoms with Gasteiger partial charge in [-0.15, -0.1) is 0 Å². The molecule has 0 radical (unpaired) electrons. The van der Waals surface area contributed by atoms with Gasteiger partial charge in [-0.3, -0.25) is 9.78 Å². The summed E-state index contributed by atoms with van der Waals surface area (Å²) in [5.41, 5.74) is 8.55. The Kier molecular flexibility index (Phi) is 5.88. The third-order valence-electron chi connectivity index (χ3n) is 6.52. The van der Waals surface area contributed by atoms with Crippen LogP contribution in [0.2, 0.25) is 0 Å².